The van der Waals surface area contributed by atoms with E-state index in [4.69, 9.17) is 0 Å². The number of carboxylic acids is 1. The van der Waals surface area contributed by atoms with Gasteiger partial charge in [-0.3, -0.25) is 9.59 Å². The van der Waals surface area contributed by atoms with Gasteiger partial charge in [-0.05, 0) is 26.3 Å². The van der Waals surface area contributed by atoms with E-state index >= 15 is 0 Å². The molecule has 0 bridgehead atoms. The highest BCUT2D eigenvalue weighted by atomic mass is 19.3. The maximum absolute atomic E-state index is 12.9. The van der Waals surface area contributed by atoms with Crippen LogP contribution in [0.5, 0.6) is 0 Å². The minimum absolute atomic E-state index is 0.153. The van der Waals surface area contributed by atoms with Gasteiger partial charge in [-0.15, -0.1) is 0 Å². The zero-order valence-corrected chi connectivity index (χ0v) is 14.7. The average molecular weight is 365 g/mol. The molecule has 8 heteroatoms. The number of aromatic nitrogens is 2. The first-order valence-electron chi connectivity index (χ1n) is 8.12. The topological polar surface area (TPSA) is 84.2 Å². The van der Waals surface area contributed by atoms with Gasteiger partial charge in [0.1, 0.15) is 0 Å². The summed E-state index contributed by atoms with van der Waals surface area (Å²) < 4.78 is 26.4. The lowest BCUT2D eigenvalue weighted by molar-refractivity contribution is -0.142. The van der Waals surface area contributed by atoms with Crippen LogP contribution in [0.2, 0.25) is 0 Å². The summed E-state index contributed by atoms with van der Waals surface area (Å²) in [5.74, 6) is -2.35. The molecule has 1 heterocycles. The number of alkyl halides is 2. The summed E-state index contributed by atoms with van der Waals surface area (Å²) in [6, 6.07) is 8.03. The van der Waals surface area contributed by atoms with Crippen LogP contribution in [0.3, 0.4) is 0 Å². The predicted octanol–water partition coefficient (Wildman–Crippen LogP) is 3.02. The summed E-state index contributed by atoms with van der Waals surface area (Å²) in [4.78, 5) is 23.9. The smallest absolute Gasteiger partial charge is 0.333 e. The van der Waals surface area contributed by atoms with Gasteiger partial charge >= 0.3 is 12.5 Å². The third-order valence-corrected chi connectivity index (χ3v) is 4.36. The van der Waals surface area contributed by atoms with Crippen molar-refractivity contribution in [3.8, 4) is 0 Å². The van der Waals surface area contributed by atoms with Crippen LogP contribution in [-0.4, -0.2) is 26.8 Å². The molecule has 1 amide bonds. The fraction of sp³-hybridized carbons (Fsp3) is 0.389. The van der Waals surface area contributed by atoms with Crippen LogP contribution < -0.4 is 5.32 Å². The summed E-state index contributed by atoms with van der Waals surface area (Å²) in [5, 5.41) is 15.8. The Morgan fingerprint density at radius 1 is 1.23 bits per heavy atom. The molecule has 0 saturated heterocycles. The van der Waals surface area contributed by atoms with Crippen LogP contribution in [-0.2, 0) is 16.0 Å². The van der Waals surface area contributed by atoms with Gasteiger partial charge in [-0.25, -0.2) is 4.68 Å². The standard InChI is InChI=1S/C18H21F2N3O3/c1-10(17(25)26)16(13-7-5-4-6-8-13)21-15(24)9-14-11(2)22-23(12(14)3)18(19)20/h4-8,10,16,18H,9H2,1-3H3,(H,21,24)(H,25,26). The quantitative estimate of drug-likeness (QED) is 0.790. The number of nitrogens with one attached hydrogen (secondary N) is 1. The number of carbonyl (C=O) groups is 2. The number of carboxylic acid groups (broad SMARTS) is 1. The van der Waals surface area contributed by atoms with Crippen LogP contribution in [0.4, 0.5) is 8.78 Å². The predicted molar refractivity (Wildman–Crippen MR) is 90.8 cm³/mol. The van der Waals surface area contributed by atoms with Crippen LogP contribution in [0.1, 0.15) is 42.0 Å². The number of benzene rings is 1. The number of aryl methyl sites for hydroxylation is 1. The van der Waals surface area contributed by atoms with Crippen LogP contribution in [0.15, 0.2) is 30.3 Å². The van der Waals surface area contributed by atoms with Crippen molar-refractivity contribution < 1.29 is 23.5 Å². The van der Waals surface area contributed by atoms with E-state index in [0.717, 1.165) is 0 Å². The first-order valence-corrected chi connectivity index (χ1v) is 8.12. The maximum Gasteiger partial charge on any atom is 0.333 e. The number of hydrogen-bond acceptors (Lipinski definition) is 3. The molecule has 1 aromatic heterocycles. The highest BCUT2D eigenvalue weighted by molar-refractivity contribution is 5.81. The molecule has 0 radical (unpaired) electrons. The molecule has 2 rings (SSSR count). The lowest BCUT2D eigenvalue weighted by atomic mass is 9.94. The van der Waals surface area contributed by atoms with Gasteiger partial charge in [0.05, 0.1) is 24.1 Å². The fourth-order valence-electron chi connectivity index (χ4n) is 2.83. The van der Waals surface area contributed by atoms with E-state index in [-0.39, 0.29) is 12.1 Å². The van der Waals surface area contributed by atoms with E-state index < -0.39 is 30.4 Å². The number of rotatable bonds is 7. The molecule has 0 spiro atoms. The van der Waals surface area contributed by atoms with Gasteiger partial charge < -0.3 is 10.4 Å². The van der Waals surface area contributed by atoms with Crippen molar-refractivity contribution in [3.63, 3.8) is 0 Å². The molecule has 2 N–H and O–H groups in total. The minimum Gasteiger partial charge on any atom is -0.481 e. The van der Waals surface area contributed by atoms with Gasteiger partial charge in [-0.1, -0.05) is 30.3 Å². The molecule has 1 aromatic carbocycles. The third kappa shape index (κ3) is 4.25. The van der Waals surface area contributed by atoms with Gasteiger partial charge in [0.15, 0.2) is 0 Å². The Balaban J connectivity index is 2.22. The fourth-order valence-corrected chi connectivity index (χ4v) is 2.83. The molecule has 0 aliphatic heterocycles. The second kappa shape index (κ2) is 8.07. The zero-order chi connectivity index (χ0) is 19.4. The van der Waals surface area contributed by atoms with Crippen molar-refractivity contribution in [2.75, 3.05) is 0 Å². The molecule has 6 nitrogen and oxygen atoms in total. The normalized spacial score (nSPS) is 13.5. The molecule has 0 saturated carbocycles. The number of amides is 1. The Morgan fingerprint density at radius 3 is 2.35 bits per heavy atom. The number of nitrogens with zero attached hydrogens (tertiary/aromatic N) is 2. The molecule has 2 aromatic rings. The Kier molecular flexibility index (Phi) is 6.07. The zero-order valence-electron chi connectivity index (χ0n) is 14.7. The highest BCUT2D eigenvalue weighted by Gasteiger charge is 2.27. The van der Waals surface area contributed by atoms with Crippen molar-refractivity contribution in [2.45, 2.75) is 39.8 Å². The molecule has 2 unspecified atom stereocenters. The van der Waals surface area contributed by atoms with Gasteiger partial charge in [0.2, 0.25) is 5.91 Å². The number of halogens is 2. The SMILES string of the molecule is Cc1nn(C(F)F)c(C)c1CC(=O)NC(c1ccccc1)C(C)C(=O)O. The van der Waals surface area contributed by atoms with Crippen molar-refractivity contribution in [1.29, 1.82) is 0 Å². The molecule has 0 aliphatic carbocycles. The minimum atomic E-state index is -2.78. The van der Waals surface area contributed by atoms with E-state index in [1.807, 2.05) is 0 Å². The van der Waals surface area contributed by atoms with E-state index in [0.29, 0.717) is 21.5 Å². The molecule has 140 valence electrons. The third-order valence-electron chi connectivity index (χ3n) is 4.36. The first-order chi connectivity index (χ1) is 12.2. The summed E-state index contributed by atoms with van der Waals surface area (Å²) >= 11 is 0. The van der Waals surface area contributed by atoms with Crippen molar-refractivity contribution >= 4 is 11.9 Å². The van der Waals surface area contributed by atoms with Gasteiger partial charge in [0.25, 0.3) is 0 Å². The average Bonchev–Trinajstić information content (AvgIpc) is 2.88. The molecular formula is C18H21F2N3O3. The van der Waals surface area contributed by atoms with E-state index in [1.165, 1.54) is 13.8 Å². The molecular weight excluding hydrogens is 344 g/mol. The summed E-state index contributed by atoms with van der Waals surface area (Å²) in [7, 11) is 0. The van der Waals surface area contributed by atoms with Crippen molar-refractivity contribution in [1.82, 2.24) is 15.1 Å². The summed E-state index contributed by atoms with van der Waals surface area (Å²) in [6.45, 7) is 1.76. The first kappa shape index (κ1) is 19.6. The number of aliphatic carboxylic acids is 1. The van der Waals surface area contributed by atoms with Crippen LogP contribution in [0.25, 0.3) is 0 Å². The Labute approximate surface area is 149 Å². The molecule has 0 fully saturated rings. The van der Waals surface area contributed by atoms with E-state index in [2.05, 4.69) is 10.4 Å². The summed E-state index contributed by atoms with van der Waals surface area (Å²) in [6.07, 6.45) is -0.153. The van der Waals surface area contributed by atoms with E-state index in [9.17, 15) is 23.5 Å². The van der Waals surface area contributed by atoms with Crippen LogP contribution in [0, 0.1) is 19.8 Å². The molecule has 26 heavy (non-hydrogen) atoms. The Morgan fingerprint density at radius 2 is 1.85 bits per heavy atom. The van der Waals surface area contributed by atoms with Crippen molar-refractivity contribution in [3.05, 3.63) is 52.8 Å². The van der Waals surface area contributed by atoms with Gasteiger partial charge in [-0.2, -0.15) is 13.9 Å². The summed E-state index contributed by atoms with van der Waals surface area (Å²) in [5.41, 5.74) is 1.64. The van der Waals surface area contributed by atoms with Gasteiger partial charge in [0, 0.05) is 11.3 Å². The highest BCUT2D eigenvalue weighted by Crippen LogP contribution is 2.24. The Hall–Kier alpha value is -2.77. The Bertz CT molecular complexity index is 790. The lowest BCUT2D eigenvalue weighted by Gasteiger charge is -2.23. The molecule has 0 aliphatic rings. The van der Waals surface area contributed by atoms with Crippen LogP contribution >= 0.6 is 0 Å². The molecule has 2 atom stereocenters. The number of hydrogen-bond donors (Lipinski definition) is 2. The number of carbonyl (C=O) groups excluding carboxylic acids is 1. The largest absolute Gasteiger partial charge is 0.481 e. The maximum atomic E-state index is 12.9. The monoisotopic (exact) mass is 365 g/mol. The second-order valence-corrected chi connectivity index (χ2v) is 6.13. The van der Waals surface area contributed by atoms with E-state index in [1.54, 1.807) is 37.3 Å². The van der Waals surface area contributed by atoms with Crippen molar-refractivity contribution in [2.24, 2.45) is 5.92 Å². The lowest BCUT2D eigenvalue weighted by Crippen LogP contribution is -2.36. The second-order valence-electron chi connectivity index (χ2n) is 6.13.